The molecule has 130 valence electrons. The Morgan fingerprint density at radius 1 is 1.33 bits per heavy atom. The highest BCUT2D eigenvalue weighted by atomic mass is 32.2. The predicted octanol–water partition coefficient (Wildman–Crippen LogP) is 3.01. The van der Waals surface area contributed by atoms with E-state index < -0.39 is 0 Å². The molecular formula is C17H23N3O2S2. The van der Waals surface area contributed by atoms with Crippen LogP contribution in [0.1, 0.15) is 49.9 Å². The largest absolute Gasteiger partial charge is 0.353 e. The highest BCUT2D eigenvalue weighted by molar-refractivity contribution is 7.99. The van der Waals surface area contributed by atoms with Gasteiger partial charge in [0.15, 0.2) is 0 Å². The zero-order valence-corrected chi connectivity index (χ0v) is 15.9. The van der Waals surface area contributed by atoms with E-state index in [1.54, 1.807) is 11.3 Å². The van der Waals surface area contributed by atoms with Gasteiger partial charge in [-0.3, -0.25) is 9.59 Å². The number of thiophene rings is 1. The Bertz CT molecular complexity index is 810. The molecule has 0 aromatic carbocycles. The van der Waals surface area contributed by atoms with Crippen LogP contribution in [0.25, 0.3) is 10.2 Å². The summed E-state index contributed by atoms with van der Waals surface area (Å²) in [6, 6.07) is 0.132. The summed E-state index contributed by atoms with van der Waals surface area (Å²) in [7, 11) is 0. The highest BCUT2D eigenvalue weighted by Crippen LogP contribution is 2.33. The molecule has 3 rings (SSSR count). The maximum atomic E-state index is 12.5. The summed E-state index contributed by atoms with van der Waals surface area (Å²) in [6.45, 7) is 5.77. The molecule has 0 aliphatic heterocycles. The second-order valence-electron chi connectivity index (χ2n) is 6.52. The van der Waals surface area contributed by atoms with Crippen molar-refractivity contribution in [2.75, 3.05) is 0 Å². The SMILES string of the molecule is CC(C)NC(=O)C(C)SCc1nc2sc3c(c2c(=O)[nH]1)CCCC3. The molecule has 0 fully saturated rings. The normalized spacial score (nSPS) is 15.5. The molecule has 0 saturated heterocycles. The van der Waals surface area contributed by atoms with Crippen LogP contribution in [-0.4, -0.2) is 27.2 Å². The summed E-state index contributed by atoms with van der Waals surface area (Å²) < 4.78 is 0. The van der Waals surface area contributed by atoms with Gasteiger partial charge in [0.2, 0.25) is 5.91 Å². The van der Waals surface area contributed by atoms with Crippen LogP contribution < -0.4 is 10.9 Å². The number of aromatic amines is 1. The molecule has 1 unspecified atom stereocenters. The third-order valence-electron chi connectivity index (χ3n) is 4.14. The predicted molar refractivity (Wildman–Crippen MR) is 101 cm³/mol. The van der Waals surface area contributed by atoms with E-state index in [-0.39, 0.29) is 22.8 Å². The molecule has 0 bridgehead atoms. The van der Waals surface area contributed by atoms with Gasteiger partial charge in [0.1, 0.15) is 10.7 Å². The van der Waals surface area contributed by atoms with Gasteiger partial charge < -0.3 is 10.3 Å². The Hall–Kier alpha value is -1.34. The van der Waals surface area contributed by atoms with Gasteiger partial charge in [0, 0.05) is 10.9 Å². The van der Waals surface area contributed by atoms with Crippen molar-refractivity contribution in [1.82, 2.24) is 15.3 Å². The van der Waals surface area contributed by atoms with Crippen molar-refractivity contribution >= 4 is 39.2 Å². The molecule has 2 aromatic rings. The lowest BCUT2D eigenvalue weighted by Gasteiger charge is -2.13. The third kappa shape index (κ3) is 3.67. The van der Waals surface area contributed by atoms with E-state index in [2.05, 4.69) is 15.3 Å². The number of thioether (sulfide) groups is 1. The van der Waals surface area contributed by atoms with E-state index >= 15 is 0 Å². The van der Waals surface area contributed by atoms with Gasteiger partial charge in [0.05, 0.1) is 16.4 Å². The number of aryl methyl sites for hydroxylation is 2. The lowest BCUT2D eigenvalue weighted by molar-refractivity contribution is -0.120. The minimum atomic E-state index is -0.176. The minimum absolute atomic E-state index is 0.0185. The molecular weight excluding hydrogens is 342 g/mol. The first-order valence-corrected chi connectivity index (χ1v) is 10.3. The average Bonchev–Trinajstić information content (AvgIpc) is 2.90. The number of rotatable bonds is 5. The lowest BCUT2D eigenvalue weighted by atomic mass is 9.97. The quantitative estimate of drug-likeness (QED) is 0.854. The van der Waals surface area contributed by atoms with Gasteiger partial charge in [0.25, 0.3) is 5.56 Å². The van der Waals surface area contributed by atoms with Gasteiger partial charge >= 0.3 is 0 Å². The summed E-state index contributed by atoms with van der Waals surface area (Å²) in [5.74, 6) is 1.20. The highest BCUT2D eigenvalue weighted by Gasteiger charge is 2.20. The summed E-state index contributed by atoms with van der Waals surface area (Å²) in [5.41, 5.74) is 1.17. The smallest absolute Gasteiger partial charge is 0.259 e. The molecule has 1 atom stereocenters. The Kier molecular flexibility index (Phi) is 5.30. The van der Waals surface area contributed by atoms with Gasteiger partial charge in [-0.05, 0) is 52.0 Å². The van der Waals surface area contributed by atoms with Crippen molar-refractivity contribution in [3.05, 3.63) is 26.6 Å². The summed E-state index contributed by atoms with van der Waals surface area (Å²) >= 11 is 3.15. The van der Waals surface area contributed by atoms with Gasteiger partial charge in [-0.1, -0.05) is 0 Å². The van der Waals surface area contributed by atoms with Crippen LogP contribution in [0.15, 0.2) is 4.79 Å². The average molecular weight is 366 g/mol. The zero-order valence-electron chi connectivity index (χ0n) is 14.3. The fourth-order valence-electron chi connectivity index (χ4n) is 2.96. The maximum Gasteiger partial charge on any atom is 0.259 e. The van der Waals surface area contributed by atoms with Crippen LogP contribution in [0.2, 0.25) is 0 Å². The number of carbonyl (C=O) groups excluding carboxylic acids is 1. The second-order valence-corrected chi connectivity index (χ2v) is 8.93. The topological polar surface area (TPSA) is 74.8 Å². The molecule has 7 heteroatoms. The Morgan fingerprint density at radius 3 is 2.83 bits per heavy atom. The molecule has 0 radical (unpaired) electrons. The number of H-pyrrole nitrogens is 1. The van der Waals surface area contributed by atoms with E-state index in [0.717, 1.165) is 29.5 Å². The van der Waals surface area contributed by atoms with E-state index in [4.69, 9.17) is 0 Å². The molecule has 1 aliphatic carbocycles. The van der Waals surface area contributed by atoms with E-state index in [9.17, 15) is 9.59 Å². The monoisotopic (exact) mass is 365 g/mol. The number of hydrogen-bond acceptors (Lipinski definition) is 5. The van der Waals surface area contributed by atoms with Crippen molar-refractivity contribution < 1.29 is 4.79 Å². The first-order chi connectivity index (χ1) is 11.5. The Labute approximate surface area is 149 Å². The molecule has 0 saturated carbocycles. The Balaban J connectivity index is 1.76. The summed E-state index contributed by atoms with van der Waals surface area (Å²) in [5, 5.41) is 3.51. The number of nitrogens with one attached hydrogen (secondary N) is 2. The summed E-state index contributed by atoms with van der Waals surface area (Å²) in [6.07, 6.45) is 4.40. The first-order valence-electron chi connectivity index (χ1n) is 8.41. The molecule has 1 amide bonds. The van der Waals surface area contributed by atoms with Crippen LogP contribution in [0.4, 0.5) is 0 Å². The van der Waals surface area contributed by atoms with E-state index in [1.165, 1.54) is 28.6 Å². The minimum Gasteiger partial charge on any atom is -0.353 e. The zero-order chi connectivity index (χ0) is 17.3. The van der Waals surface area contributed by atoms with Crippen molar-refractivity contribution in [2.45, 2.75) is 63.5 Å². The van der Waals surface area contributed by atoms with E-state index in [1.807, 2.05) is 20.8 Å². The number of amides is 1. The number of hydrogen-bond donors (Lipinski definition) is 2. The Morgan fingerprint density at radius 2 is 2.08 bits per heavy atom. The van der Waals surface area contributed by atoms with Crippen LogP contribution in [0.5, 0.6) is 0 Å². The molecule has 1 aliphatic rings. The standard InChI is InChI=1S/C17H23N3O2S2/c1-9(2)18-15(21)10(3)23-8-13-19-16(22)14-11-6-4-5-7-12(11)24-17(14)20-13/h9-10H,4-8H2,1-3H3,(H,18,21)(H,19,20,22). The lowest BCUT2D eigenvalue weighted by Crippen LogP contribution is -2.36. The molecule has 2 heterocycles. The van der Waals surface area contributed by atoms with Crippen LogP contribution in [0.3, 0.4) is 0 Å². The van der Waals surface area contributed by atoms with Crippen LogP contribution >= 0.6 is 23.1 Å². The summed E-state index contributed by atoms with van der Waals surface area (Å²) in [4.78, 5) is 34.2. The second kappa shape index (κ2) is 7.27. The fraction of sp³-hybridized carbons (Fsp3) is 0.588. The number of aromatic nitrogens is 2. The van der Waals surface area contributed by atoms with Crippen molar-refractivity contribution in [3.8, 4) is 0 Å². The molecule has 2 aromatic heterocycles. The van der Waals surface area contributed by atoms with Crippen molar-refractivity contribution in [2.24, 2.45) is 0 Å². The van der Waals surface area contributed by atoms with Gasteiger partial charge in [-0.15, -0.1) is 23.1 Å². The fourth-order valence-corrected chi connectivity index (χ4v) is 5.00. The molecule has 5 nitrogen and oxygen atoms in total. The van der Waals surface area contributed by atoms with Crippen LogP contribution in [0, 0.1) is 0 Å². The molecule has 2 N–H and O–H groups in total. The molecule has 24 heavy (non-hydrogen) atoms. The van der Waals surface area contributed by atoms with E-state index in [0.29, 0.717) is 11.6 Å². The first kappa shape index (κ1) is 17.5. The van der Waals surface area contributed by atoms with Gasteiger partial charge in [-0.25, -0.2) is 4.98 Å². The molecule has 0 spiro atoms. The third-order valence-corrected chi connectivity index (χ3v) is 6.48. The van der Waals surface area contributed by atoms with Gasteiger partial charge in [-0.2, -0.15) is 0 Å². The van der Waals surface area contributed by atoms with Crippen molar-refractivity contribution in [3.63, 3.8) is 0 Å². The number of fused-ring (bicyclic) bond motifs is 3. The number of carbonyl (C=O) groups is 1. The number of nitrogens with zero attached hydrogens (tertiary/aromatic N) is 1. The van der Waals surface area contributed by atoms with Crippen LogP contribution in [-0.2, 0) is 23.4 Å². The van der Waals surface area contributed by atoms with Crippen molar-refractivity contribution in [1.29, 1.82) is 0 Å². The maximum absolute atomic E-state index is 12.5.